The highest BCUT2D eigenvalue weighted by molar-refractivity contribution is 6.03. The fourth-order valence-corrected chi connectivity index (χ4v) is 4.04. The van der Waals surface area contributed by atoms with Crippen molar-refractivity contribution >= 4 is 18.5 Å². The van der Waals surface area contributed by atoms with Crippen molar-refractivity contribution in [2.75, 3.05) is 19.8 Å². The number of nitrogens with zero attached hydrogens (tertiary/aromatic N) is 1. The minimum absolute atomic E-state index is 0.0743. The van der Waals surface area contributed by atoms with E-state index < -0.39 is 0 Å². The van der Waals surface area contributed by atoms with Crippen LogP contribution in [-0.2, 0) is 0 Å². The summed E-state index contributed by atoms with van der Waals surface area (Å²) in [6, 6.07) is 9.33. The second-order valence-corrected chi connectivity index (χ2v) is 8.34. The van der Waals surface area contributed by atoms with Crippen LogP contribution in [0.4, 0.5) is 0 Å². The lowest BCUT2D eigenvalue weighted by Gasteiger charge is -2.26. The molecule has 1 saturated heterocycles. The molecule has 0 aliphatic carbocycles. The maximum atomic E-state index is 13.4. The summed E-state index contributed by atoms with van der Waals surface area (Å²) in [4.78, 5) is 38.2. The number of rotatable bonds is 8. The predicted molar refractivity (Wildman–Crippen MR) is 115 cm³/mol. The molecule has 3 rings (SSSR count). The number of carbonyl (C=O) groups excluding carboxylic acids is 3. The number of amides is 1. The molecule has 2 aromatic rings. The Morgan fingerprint density at radius 2 is 1.74 bits per heavy atom. The Balaban J connectivity index is 1.87. The summed E-state index contributed by atoms with van der Waals surface area (Å²) in [5.41, 5.74) is 0.448. The summed E-state index contributed by atoms with van der Waals surface area (Å²) in [5, 5.41) is 9.86. The third-order valence-electron chi connectivity index (χ3n) is 5.39. The van der Waals surface area contributed by atoms with Crippen molar-refractivity contribution in [3.63, 3.8) is 0 Å². The highest BCUT2D eigenvalue weighted by atomic mass is 16.5. The third-order valence-corrected chi connectivity index (χ3v) is 5.39. The molecule has 7 heteroatoms. The van der Waals surface area contributed by atoms with Gasteiger partial charge in [-0.25, -0.2) is 0 Å². The second kappa shape index (κ2) is 9.20. The average Bonchev–Trinajstić information content (AvgIpc) is 3.06. The lowest BCUT2D eigenvalue weighted by atomic mass is 9.91. The Hall–Kier alpha value is -3.35. The van der Waals surface area contributed by atoms with Crippen LogP contribution in [0, 0.1) is 5.41 Å². The molecule has 0 saturated carbocycles. The lowest BCUT2D eigenvalue weighted by Crippen LogP contribution is -2.39. The zero-order valence-electron chi connectivity index (χ0n) is 18.0. The van der Waals surface area contributed by atoms with Gasteiger partial charge in [-0.15, -0.1) is 0 Å². The van der Waals surface area contributed by atoms with E-state index in [0.717, 1.165) is 0 Å². The van der Waals surface area contributed by atoms with E-state index in [1.54, 1.807) is 35.2 Å². The Kier molecular flexibility index (Phi) is 6.63. The number of likely N-dealkylation sites (tertiary alicyclic amines) is 1. The Bertz CT molecular complexity index is 984. The van der Waals surface area contributed by atoms with Crippen LogP contribution in [0.1, 0.15) is 58.3 Å². The number of ether oxygens (including phenoxy) is 2. The number of aldehydes is 2. The Morgan fingerprint density at radius 3 is 2.39 bits per heavy atom. The molecule has 0 bridgehead atoms. The number of hydrogen-bond donors (Lipinski definition) is 1. The fraction of sp³-hybridized carbons (Fsp3) is 0.375. The topological polar surface area (TPSA) is 93.1 Å². The molecule has 1 amide bonds. The normalized spacial score (nSPS) is 17.3. The van der Waals surface area contributed by atoms with Crippen molar-refractivity contribution in [1.29, 1.82) is 0 Å². The zero-order chi connectivity index (χ0) is 22.6. The van der Waals surface area contributed by atoms with E-state index >= 15 is 0 Å². The number of aromatic hydroxyl groups is 1. The number of phenols is 1. The first-order valence-corrected chi connectivity index (χ1v) is 10.2. The summed E-state index contributed by atoms with van der Waals surface area (Å²) in [6.45, 7) is 6.98. The largest absolute Gasteiger partial charge is 0.507 e. The van der Waals surface area contributed by atoms with Gasteiger partial charge in [-0.1, -0.05) is 26.0 Å². The van der Waals surface area contributed by atoms with E-state index in [9.17, 15) is 19.5 Å². The monoisotopic (exact) mass is 425 g/mol. The predicted octanol–water partition coefficient (Wildman–Crippen LogP) is 3.74. The van der Waals surface area contributed by atoms with Crippen molar-refractivity contribution in [2.24, 2.45) is 5.41 Å². The van der Waals surface area contributed by atoms with Crippen molar-refractivity contribution in [1.82, 2.24) is 4.90 Å². The summed E-state index contributed by atoms with van der Waals surface area (Å²) < 4.78 is 11.3. The lowest BCUT2D eigenvalue weighted by molar-refractivity contribution is 0.0679. The number of carbonyl (C=O) groups is 3. The number of phenolic OH excluding ortho intramolecular Hbond substituents is 1. The third kappa shape index (κ3) is 4.71. The van der Waals surface area contributed by atoms with Crippen molar-refractivity contribution in [3.8, 4) is 17.2 Å². The molecular weight excluding hydrogens is 398 g/mol. The van der Waals surface area contributed by atoms with Gasteiger partial charge in [-0.05, 0) is 43.0 Å². The van der Waals surface area contributed by atoms with Gasteiger partial charge in [0.1, 0.15) is 23.9 Å². The molecule has 1 fully saturated rings. The molecule has 31 heavy (non-hydrogen) atoms. The molecule has 1 heterocycles. The molecule has 0 radical (unpaired) electrons. The summed E-state index contributed by atoms with van der Waals surface area (Å²) in [6.07, 6.45) is 1.88. The van der Waals surface area contributed by atoms with Crippen molar-refractivity contribution < 1.29 is 29.0 Å². The van der Waals surface area contributed by atoms with Gasteiger partial charge in [0.25, 0.3) is 5.91 Å². The fourth-order valence-electron chi connectivity index (χ4n) is 4.04. The molecule has 0 aromatic heterocycles. The van der Waals surface area contributed by atoms with Gasteiger partial charge in [0.05, 0.1) is 29.3 Å². The van der Waals surface area contributed by atoms with Crippen LogP contribution in [0.15, 0.2) is 36.4 Å². The first-order valence-electron chi connectivity index (χ1n) is 10.2. The van der Waals surface area contributed by atoms with Gasteiger partial charge in [0.2, 0.25) is 0 Å². The molecule has 164 valence electrons. The first kappa shape index (κ1) is 22.3. The van der Waals surface area contributed by atoms with Crippen LogP contribution in [0.5, 0.6) is 17.2 Å². The molecule has 7 nitrogen and oxygen atoms in total. The van der Waals surface area contributed by atoms with Crippen LogP contribution in [0.2, 0.25) is 0 Å². The molecular formula is C24H27NO6. The van der Waals surface area contributed by atoms with Crippen LogP contribution in [0.25, 0.3) is 0 Å². The van der Waals surface area contributed by atoms with Crippen LogP contribution < -0.4 is 9.47 Å². The maximum absolute atomic E-state index is 13.4. The van der Waals surface area contributed by atoms with Crippen LogP contribution >= 0.6 is 0 Å². The van der Waals surface area contributed by atoms with E-state index in [1.165, 1.54) is 6.07 Å². The smallest absolute Gasteiger partial charge is 0.255 e. The molecule has 0 spiro atoms. The summed E-state index contributed by atoms with van der Waals surface area (Å²) >= 11 is 0. The number of hydrogen-bond acceptors (Lipinski definition) is 6. The van der Waals surface area contributed by atoms with Gasteiger partial charge in [-0.2, -0.15) is 0 Å². The Morgan fingerprint density at radius 1 is 1.10 bits per heavy atom. The van der Waals surface area contributed by atoms with Gasteiger partial charge < -0.3 is 19.5 Å². The molecule has 1 aliphatic heterocycles. The average molecular weight is 425 g/mol. The molecule has 1 atom stereocenters. The van der Waals surface area contributed by atoms with Gasteiger partial charge in [-0.3, -0.25) is 14.4 Å². The van der Waals surface area contributed by atoms with E-state index in [1.807, 2.05) is 6.92 Å². The zero-order valence-corrected chi connectivity index (χ0v) is 18.0. The first-order chi connectivity index (χ1) is 14.8. The molecule has 2 aromatic carbocycles. The quantitative estimate of drug-likeness (QED) is 0.648. The van der Waals surface area contributed by atoms with Gasteiger partial charge >= 0.3 is 0 Å². The van der Waals surface area contributed by atoms with Gasteiger partial charge in [0.15, 0.2) is 12.6 Å². The number of benzene rings is 2. The molecule has 1 N–H and O–H groups in total. The SMILES string of the molecule is CCOc1cccc(C(=O)N2CC(C)(C)CC2COc2cccc(O)c2C=O)c1C=O. The van der Waals surface area contributed by atoms with Crippen molar-refractivity contribution in [3.05, 3.63) is 53.1 Å². The summed E-state index contributed by atoms with van der Waals surface area (Å²) in [5.74, 6) is 0.217. The molecule has 1 aliphatic rings. The Labute approximate surface area is 181 Å². The minimum Gasteiger partial charge on any atom is -0.507 e. The van der Waals surface area contributed by atoms with Gasteiger partial charge in [0, 0.05) is 6.54 Å². The van der Waals surface area contributed by atoms with E-state index in [0.29, 0.717) is 37.9 Å². The molecule has 1 unspecified atom stereocenters. The summed E-state index contributed by atoms with van der Waals surface area (Å²) in [7, 11) is 0. The van der Waals surface area contributed by atoms with E-state index in [-0.39, 0.29) is 52.2 Å². The highest BCUT2D eigenvalue weighted by Gasteiger charge is 2.41. The highest BCUT2D eigenvalue weighted by Crippen LogP contribution is 2.36. The standard InChI is InChI=1S/C24H27NO6/c1-4-30-21-9-5-7-17(18(21)12-26)23(29)25-15-24(2,3)11-16(25)14-31-22-10-6-8-20(28)19(22)13-27/h5-10,12-13,16,28H,4,11,14-15H2,1-3H3. The van der Waals surface area contributed by atoms with Crippen LogP contribution in [0.3, 0.4) is 0 Å². The second-order valence-electron chi connectivity index (χ2n) is 8.34. The minimum atomic E-state index is -0.269. The maximum Gasteiger partial charge on any atom is 0.255 e. The van der Waals surface area contributed by atoms with Crippen LogP contribution in [-0.4, -0.2) is 54.3 Å². The van der Waals surface area contributed by atoms with Crippen molar-refractivity contribution in [2.45, 2.75) is 33.2 Å². The van der Waals surface area contributed by atoms with E-state index in [4.69, 9.17) is 9.47 Å². The van der Waals surface area contributed by atoms with E-state index in [2.05, 4.69) is 13.8 Å².